The number of benzene rings is 2. The maximum absolute atomic E-state index is 14.0. The van der Waals surface area contributed by atoms with E-state index in [2.05, 4.69) is 4.99 Å². The highest BCUT2D eigenvalue weighted by Gasteiger charge is 2.33. The minimum absolute atomic E-state index is 0.197. The predicted molar refractivity (Wildman–Crippen MR) is 161 cm³/mol. The average Bonchev–Trinajstić information content (AvgIpc) is 3.41. The van der Waals surface area contributed by atoms with Crippen LogP contribution in [-0.4, -0.2) is 39.0 Å². The summed E-state index contributed by atoms with van der Waals surface area (Å²) in [4.78, 5) is 44.9. The van der Waals surface area contributed by atoms with Gasteiger partial charge in [0.05, 0.1) is 34.0 Å². The molecule has 0 radical (unpaired) electrons. The summed E-state index contributed by atoms with van der Waals surface area (Å²) in [6.45, 7) is 7.60. The third-order valence-electron chi connectivity index (χ3n) is 7.06. The number of hydrogen-bond acceptors (Lipinski definition) is 7. The molecule has 0 saturated carbocycles. The number of esters is 1. The summed E-state index contributed by atoms with van der Waals surface area (Å²) in [7, 11) is 0. The fraction of sp³-hybridized carbons (Fsp3) is 0.226. The third-order valence-corrected chi connectivity index (χ3v) is 8.78. The van der Waals surface area contributed by atoms with Crippen molar-refractivity contribution in [3.63, 3.8) is 0 Å². The van der Waals surface area contributed by atoms with Gasteiger partial charge in [0.2, 0.25) is 0 Å². The Morgan fingerprint density at radius 1 is 1.12 bits per heavy atom. The first-order valence-corrected chi connectivity index (χ1v) is 15.0. The van der Waals surface area contributed by atoms with Crippen molar-refractivity contribution in [3.05, 3.63) is 114 Å². The smallest absolute Gasteiger partial charge is 0.338 e. The van der Waals surface area contributed by atoms with Crippen molar-refractivity contribution >= 4 is 41.1 Å². The zero-order chi connectivity index (χ0) is 29.4. The molecule has 2 aromatic heterocycles. The average molecular weight is 588 g/mol. The van der Waals surface area contributed by atoms with Crippen molar-refractivity contribution in [2.45, 2.75) is 38.6 Å². The third kappa shape index (κ3) is 5.20. The van der Waals surface area contributed by atoms with Crippen LogP contribution in [-0.2, 0) is 9.53 Å². The summed E-state index contributed by atoms with van der Waals surface area (Å²) in [5, 5.41) is 9.44. The van der Waals surface area contributed by atoms with E-state index in [4.69, 9.17) is 4.74 Å². The Labute approximate surface area is 244 Å². The van der Waals surface area contributed by atoms with Gasteiger partial charge in [-0.25, -0.2) is 14.6 Å². The Bertz CT molecular complexity index is 1890. The lowest BCUT2D eigenvalue weighted by molar-refractivity contribution is -0.139. The summed E-state index contributed by atoms with van der Waals surface area (Å²) in [5.74, 6) is -1.49. The summed E-state index contributed by atoms with van der Waals surface area (Å²) in [6, 6.07) is 15.9. The molecule has 1 aliphatic heterocycles. The minimum atomic E-state index is -0.995. The van der Waals surface area contributed by atoms with E-state index >= 15 is 0 Å². The van der Waals surface area contributed by atoms with E-state index in [0.29, 0.717) is 20.6 Å². The first-order chi connectivity index (χ1) is 19.6. The molecule has 0 saturated heterocycles. The molecule has 0 fully saturated rings. The van der Waals surface area contributed by atoms with Crippen LogP contribution in [0.1, 0.15) is 52.8 Å². The van der Waals surface area contributed by atoms with Gasteiger partial charge in [-0.3, -0.25) is 9.36 Å². The number of hydrogen-bond donors (Lipinski definition) is 1. The van der Waals surface area contributed by atoms with E-state index in [9.17, 15) is 19.5 Å². The maximum atomic E-state index is 14.0. The molecule has 8 nitrogen and oxygen atoms in total. The zero-order valence-electron chi connectivity index (χ0n) is 23.3. The molecule has 3 heterocycles. The van der Waals surface area contributed by atoms with Crippen LogP contribution in [0.4, 0.5) is 0 Å². The second-order valence-electron chi connectivity index (χ2n) is 9.59. The molecule has 10 heteroatoms. The molecule has 0 aliphatic carbocycles. The van der Waals surface area contributed by atoms with Gasteiger partial charge in [0.15, 0.2) is 4.80 Å². The molecule has 1 N–H and O–H groups in total. The molecule has 1 atom stereocenters. The van der Waals surface area contributed by atoms with E-state index in [-0.39, 0.29) is 17.7 Å². The van der Waals surface area contributed by atoms with Crippen LogP contribution < -0.4 is 14.9 Å². The number of carbonyl (C=O) groups is 2. The Kier molecular flexibility index (Phi) is 7.88. The Hall–Kier alpha value is -4.15. The van der Waals surface area contributed by atoms with Crippen LogP contribution in [0.3, 0.4) is 0 Å². The number of aromatic nitrogens is 2. The van der Waals surface area contributed by atoms with Gasteiger partial charge in [0, 0.05) is 22.0 Å². The van der Waals surface area contributed by atoms with Crippen LogP contribution in [0.5, 0.6) is 0 Å². The molecule has 0 bridgehead atoms. The van der Waals surface area contributed by atoms with E-state index in [1.807, 2.05) is 67.1 Å². The number of allylic oxidation sites excluding steroid dienone is 1. The van der Waals surface area contributed by atoms with Gasteiger partial charge < -0.3 is 14.4 Å². The SMILES string of the molecule is CCOC(=O)C1=C(C)N=c2s/c(=C\c3cc(C)n(-c4cccc(C(=O)O)c4)c3C)c(=O)n2[C@H]1c1ccc(SC)cc1. The van der Waals surface area contributed by atoms with E-state index < -0.39 is 18.0 Å². The zero-order valence-corrected chi connectivity index (χ0v) is 24.9. The first kappa shape index (κ1) is 28.4. The molecule has 4 aromatic rings. The lowest BCUT2D eigenvalue weighted by atomic mass is 9.96. The number of carbonyl (C=O) groups excluding carboxylic acids is 1. The van der Waals surface area contributed by atoms with Crippen molar-refractivity contribution < 1.29 is 19.4 Å². The second-order valence-corrected chi connectivity index (χ2v) is 11.5. The van der Waals surface area contributed by atoms with Gasteiger partial charge in [-0.15, -0.1) is 11.8 Å². The standard InChI is InChI=1S/C31H29N3O5S2/c1-6-39-30(38)26-18(3)32-31-34(27(26)20-10-12-24(40-5)13-11-20)28(35)25(41-31)16-22-14-17(2)33(19(22)4)23-9-7-8-21(15-23)29(36)37/h7-16,27H,6H2,1-5H3,(H,36,37)/b25-16-/t27-/m0/s1. The molecular weight excluding hydrogens is 558 g/mol. The van der Waals surface area contributed by atoms with Gasteiger partial charge in [-0.05, 0) is 87.6 Å². The molecule has 0 spiro atoms. The number of fused-ring (bicyclic) bond motifs is 1. The Morgan fingerprint density at radius 2 is 1.85 bits per heavy atom. The number of carboxylic acids is 1. The summed E-state index contributed by atoms with van der Waals surface area (Å²) in [6.07, 6.45) is 3.83. The van der Waals surface area contributed by atoms with E-state index in [1.165, 1.54) is 11.3 Å². The molecule has 1 aliphatic rings. The van der Waals surface area contributed by atoms with Gasteiger partial charge in [-0.1, -0.05) is 29.5 Å². The molecule has 0 unspecified atom stereocenters. The van der Waals surface area contributed by atoms with Crippen molar-refractivity contribution in [3.8, 4) is 5.69 Å². The largest absolute Gasteiger partial charge is 0.478 e. The monoisotopic (exact) mass is 587 g/mol. The number of rotatable bonds is 7. The lowest BCUT2D eigenvalue weighted by Gasteiger charge is -2.24. The fourth-order valence-electron chi connectivity index (χ4n) is 5.14. The first-order valence-electron chi connectivity index (χ1n) is 13.0. The number of carboxylic acid groups (broad SMARTS) is 1. The van der Waals surface area contributed by atoms with Crippen molar-refractivity contribution in [1.82, 2.24) is 9.13 Å². The van der Waals surface area contributed by atoms with Crippen LogP contribution >= 0.6 is 23.1 Å². The van der Waals surface area contributed by atoms with Crippen LogP contribution in [0.25, 0.3) is 11.8 Å². The molecule has 5 rings (SSSR count). The summed E-state index contributed by atoms with van der Waals surface area (Å²) < 4.78 is 9.41. The highest BCUT2D eigenvalue weighted by molar-refractivity contribution is 7.98. The van der Waals surface area contributed by atoms with Crippen molar-refractivity contribution in [1.29, 1.82) is 0 Å². The number of thiazole rings is 1. The van der Waals surface area contributed by atoms with Crippen LogP contribution in [0.2, 0.25) is 0 Å². The molecule has 0 amide bonds. The summed E-state index contributed by atoms with van der Waals surface area (Å²) in [5.41, 5.74) is 4.93. The van der Waals surface area contributed by atoms with Crippen molar-refractivity contribution in [2.75, 3.05) is 12.9 Å². The molecule has 210 valence electrons. The predicted octanol–water partition coefficient (Wildman–Crippen LogP) is 4.63. The minimum Gasteiger partial charge on any atom is -0.478 e. The van der Waals surface area contributed by atoms with E-state index in [0.717, 1.165) is 33.1 Å². The number of aryl methyl sites for hydroxylation is 1. The van der Waals surface area contributed by atoms with Crippen molar-refractivity contribution in [2.24, 2.45) is 4.99 Å². The normalized spacial score (nSPS) is 15.0. The van der Waals surface area contributed by atoms with Gasteiger partial charge in [-0.2, -0.15) is 0 Å². The lowest BCUT2D eigenvalue weighted by Crippen LogP contribution is -2.39. The van der Waals surface area contributed by atoms with Gasteiger partial charge in [0.1, 0.15) is 0 Å². The van der Waals surface area contributed by atoms with E-state index in [1.54, 1.807) is 48.4 Å². The van der Waals surface area contributed by atoms with Crippen LogP contribution in [0, 0.1) is 13.8 Å². The van der Waals surface area contributed by atoms with Gasteiger partial charge >= 0.3 is 11.9 Å². The quantitative estimate of drug-likeness (QED) is 0.250. The topological polar surface area (TPSA) is 103 Å². The number of ether oxygens (including phenoxy) is 1. The number of aromatic carboxylic acids is 1. The van der Waals surface area contributed by atoms with Gasteiger partial charge in [0.25, 0.3) is 5.56 Å². The summed E-state index contributed by atoms with van der Waals surface area (Å²) >= 11 is 2.88. The van der Waals surface area contributed by atoms with Crippen LogP contribution in [0.15, 0.2) is 80.5 Å². The highest BCUT2D eigenvalue weighted by Crippen LogP contribution is 2.32. The number of nitrogens with zero attached hydrogens (tertiary/aromatic N) is 3. The molecule has 2 aromatic carbocycles. The fourth-order valence-corrected chi connectivity index (χ4v) is 6.59. The second kappa shape index (κ2) is 11.4. The Balaban J connectivity index is 1.67. The maximum Gasteiger partial charge on any atom is 0.338 e. The number of thioether (sulfide) groups is 1. The Morgan fingerprint density at radius 3 is 2.51 bits per heavy atom. The molecular formula is C31H29N3O5S2. The highest BCUT2D eigenvalue weighted by atomic mass is 32.2. The molecule has 41 heavy (non-hydrogen) atoms.